The van der Waals surface area contributed by atoms with Crippen molar-refractivity contribution >= 4 is 39.3 Å². The smallest absolute Gasteiger partial charge is 0.247 e. The Bertz CT molecular complexity index is 1030. The van der Waals surface area contributed by atoms with Gasteiger partial charge in [0.2, 0.25) is 23.2 Å². The molecule has 1 atom stereocenters. The molecule has 2 heterocycles. The maximum absolute atomic E-state index is 12.7. The maximum atomic E-state index is 12.7. The number of hydrogen-bond acceptors (Lipinski definition) is 6. The molecule has 0 N–H and O–H groups in total. The fourth-order valence-corrected chi connectivity index (χ4v) is 3.97. The monoisotopic (exact) mass is 456 g/mol. The number of ether oxygens (including phenoxy) is 1. The number of benzene rings is 2. The average molecular weight is 457 g/mol. The molecule has 0 saturated heterocycles. The van der Waals surface area contributed by atoms with Crippen molar-refractivity contribution in [2.45, 2.75) is 25.2 Å². The zero-order chi connectivity index (χ0) is 19.7. The van der Waals surface area contributed by atoms with Gasteiger partial charge >= 0.3 is 0 Å². The number of nitrogens with zero attached hydrogens (tertiary/aromatic N) is 4. The van der Waals surface area contributed by atoms with Gasteiger partial charge in [-0.2, -0.15) is 4.98 Å². The lowest BCUT2D eigenvalue weighted by Crippen LogP contribution is -2.36. The largest absolute Gasteiger partial charge is 0.447 e. The molecular formula is C20H17BrN4O2S. The Balaban J connectivity index is 1.97. The summed E-state index contributed by atoms with van der Waals surface area (Å²) in [5.74, 6) is 1.05. The van der Waals surface area contributed by atoms with Gasteiger partial charge in [-0.1, -0.05) is 64.9 Å². The predicted octanol–water partition coefficient (Wildman–Crippen LogP) is 4.86. The van der Waals surface area contributed by atoms with Crippen LogP contribution >= 0.6 is 27.7 Å². The second kappa shape index (κ2) is 7.89. The van der Waals surface area contributed by atoms with E-state index in [2.05, 4.69) is 31.1 Å². The minimum atomic E-state index is -0.656. The van der Waals surface area contributed by atoms with Gasteiger partial charge < -0.3 is 4.74 Å². The summed E-state index contributed by atoms with van der Waals surface area (Å²) >= 11 is 5.00. The first-order valence-electron chi connectivity index (χ1n) is 8.77. The molecule has 1 aliphatic heterocycles. The topological polar surface area (TPSA) is 68.2 Å². The SMILES string of the molecule is CCSc1nnc2c(n1)O[C@@H](c1ccccc1)N(C(C)=O)c1ccc(Br)cc1-2. The number of carbonyl (C=O) groups is 1. The van der Waals surface area contributed by atoms with Gasteiger partial charge in [0.1, 0.15) is 0 Å². The number of halogens is 1. The molecule has 1 aromatic heterocycles. The molecule has 6 nitrogen and oxygen atoms in total. The number of hydrogen-bond donors (Lipinski definition) is 0. The third-order valence-corrected chi connectivity index (χ3v) is 5.48. The highest BCUT2D eigenvalue weighted by molar-refractivity contribution is 9.10. The molecule has 0 bridgehead atoms. The van der Waals surface area contributed by atoms with E-state index in [-0.39, 0.29) is 5.91 Å². The van der Waals surface area contributed by atoms with Crippen molar-refractivity contribution < 1.29 is 9.53 Å². The first-order valence-corrected chi connectivity index (χ1v) is 10.5. The second-order valence-corrected chi connectivity index (χ2v) is 8.26. The predicted molar refractivity (Wildman–Crippen MR) is 112 cm³/mol. The number of amides is 1. The minimum Gasteiger partial charge on any atom is -0.447 e. The van der Waals surface area contributed by atoms with Crippen LogP contribution < -0.4 is 9.64 Å². The molecule has 1 amide bonds. The molecule has 0 spiro atoms. The summed E-state index contributed by atoms with van der Waals surface area (Å²) in [7, 11) is 0. The molecule has 3 aromatic rings. The Morgan fingerprint density at radius 3 is 2.71 bits per heavy atom. The average Bonchev–Trinajstić information content (AvgIpc) is 2.83. The quantitative estimate of drug-likeness (QED) is 0.524. The van der Waals surface area contributed by atoms with Crippen molar-refractivity contribution in [1.82, 2.24) is 15.2 Å². The van der Waals surface area contributed by atoms with Gasteiger partial charge in [0.15, 0.2) is 5.69 Å². The summed E-state index contributed by atoms with van der Waals surface area (Å²) < 4.78 is 7.16. The number of anilines is 1. The Hall–Kier alpha value is -2.45. The van der Waals surface area contributed by atoms with E-state index in [1.54, 1.807) is 4.90 Å². The Morgan fingerprint density at radius 1 is 1.21 bits per heavy atom. The summed E-state index contributed by atoms with van der Waals surface area (Å²) in [6.07, 6.45) is -0.656. The van der Waals surface area contributed by atoms with Gasteiger partial charge in [-0.15, -0.1) is 10.2 Å². The zero-order valence-electron chi connectivity index (χ0n) is 15.3. The van der Waals surface area contributed by atoms with Crippen LogP contribution in [0.15, 0.2) is 58.2 Å². The standard InChI is InChI=1S/C20H17BrN4O2S/c1-3-28-20-22-18-17(23-24-20)15-11-14(21)9-10-16(15)25(12(2)26)19(27-18)13-7-5-4-6-8-13/h4-11,19H,3H2,1-2H3/t19-/m0/s1. The van der Waals surface area contributed by atoms with Crippen molar-refractivity contribution in [3.05, 3.63) is 58.6 Å². The second-order valence-electron chi connectivity index (χ2n) is 6.11. The van der Waals surface area contributed by atoms with E-state index in [0.29, 0.717) is 22.4 Å². The van der Waals surface area contributed by atoms with Crippen LogP contribution in [0, 0.1) is 0 Å². The number of thioether (sulfide) groups is 1. The summed E-state index contributed by atoms with van der Waals surface area (Å²) in [6, 6.07) is 15.3. The molecule has 0 unspecified atom stereocenters. The third-order valence-electron chi connectivity index (χ3n) is 4.26. The van der Waals surface area contributed by atoms with Crippen molar-refractivity contribution in [2.75, 3.05) is 10.7 Å². The molecule has 0 aliphatic carbocycles. The number of rotatable bonds is 3. The van der Waals surface area contributed by atoms with Gasteiger partial charge in [0.05, 0.1) is 5.69 Å². The van der Waals surface area contributed by atoms with Crippen LogP contribution in [0.2, 0.25) is 0 Å². The Labute approximate surface area is 175 Å². The highest BCUT2D eigenvalue weighted by atomic mass is 79.9. The van der Waals surface area contributed by atoms with Crippen LogP contribution in [-0.4, -0.2) is 26.8 Å². The highest BCUT2D eigenvalue weighted by Crippen LogP contribution is 2.44. The fraction of sp³-hybridized carbons (Fsp3) is 0.200. The van der Waals surface area contributed by atoms with Gasteiger partial charge in [0, 0.05) is 22.5 Å². The lowest BCUT2D eigenvalue weighted by molar-refractivity contribution is -0.118. The summed E-state index contributed by atoms with van der Waals surface area (Å²) in [6.45, 7) is 3.55. The molecule has 0 radical (unpaired) electrons. The number of carbonyl (C=O) groups excluding carboxylic acids is 1. The first-order chi connectivity index (χ1) is 13.6. The van der Waals surface area contributed by atoms with E-state index < -0.39 is 6.23 Å². The van der Waals surface area contributed by atoms with E-state index in [1.165, 1.54) is 18.7 Å². The summed E-state index contributed by atoms with van der Waals surface area (Å²) in [5, 5.41) is 9.15. The lowest BCUT2D eigenvalue weighted by Gasteiger charge is -2.29. The Morgan fingerprint density at radius 2 is 2.00 bits per heavy atom. The van der Waals surface area contributed by atoms with E-state index in [9.17, 15) is 4.79 Å². The third kappa shape index (κ3) is 3.49. The lowest BCUT2D eigenvalue weighted by atomic mass is 10.1. The van der Waals surface area contributed by atoms with E-state index in [1.807, 2.05) is 55.5 Å². The molecule has 1 aliphatic rings. The van der Waals surface area contributed by atoms with Crippen LogP contribution in [0.25, 0.3) is 11.3 Å². The van der Waals surface area contributed by atoms with Crippen molar-refractivity contribution in [1.29, 1.82) is 0 Å². The van der Waals surface area contributed by atoms with Gasteiger partial charge in [0.25, 0.3) is 0 Å². The highest BCUT2D eigenvalue weighted by Gasteiger charge is 2.34. The van der Waals surface area contributed by atoms with E-state index in [0.717, 1.165) is 21.4 Å². The summed E-state index contributed by atoms with van der Waals surface area (Å²) in [5.41, 5.74) is 2.81. The van der Waals surface area contributed by atoms with Crippen LogP contribution in [0.1, 0.15) is 25.6 Å². The van der Waals surface area contributed by atoms with Crippen LogP contribution in [0.3, 0.4) is 0 Å². The van der Waals surface area contributed by atoms with Crippen molar-refractivity contribution in [3.8, 4) is 17.1 Å². The van der Waals surface area contributed by atoms with Gasteiger partial charge in [-0.3, -0.25) is 9.69 Å². The zero-order valence-corrected chi connectivity index (χ0v) is 17.7. The van der Waals surface area contributed by atoms with Crippen LogP contribution in [-0.2, 0) is 4.79 Å². The number of aromatic nitrogens is 3. The molecule has 4 rings (SSSR count). The number of fused-ring (bicyclic) bond motifs is 3. The fourth-order valence-electron chi connectivity index (χ4n) is 3.10. The molecule has 0 saturated carbocycles. The minimum absolute atomic E-state index is 0.138. The normalized spacial score (nSPS) is 15.2. The molecule has 0 fully saturated rings. The first kappa shape index (κ1) is 18.9. The van der Waals surface area contributed by atoms with Crippen molar-refractivity contribution in [3.63, 3.8) is 0 Å². The van der Waals surface area contributed by atoms with Gasteiger partial charge in [-0.05, 0) is 24.0 Å². The Kier molecular flexibility index (Phi) is 5.32. The van der Waals surface area contributed by atoms with Crippen LogP contribution in [0.4, 0.5) is 5.69 Å². The molecule has 142 valence electrons. The van der Waals surface area contributed by atoms with Crippen molar-refractivity contribution in [2.24, 2.45) is 0 Å². The van der Waals surface area contributed by atoms with E-state index in [4.69, 9.17) is 4.74 Å². The van der Waals surface area contributed by atoms with Gasteiger partial charge in [-0.25, -0.2) is 0 Å². The molecule has 8 heteroatoms. The summed E-state index contributed by atoms with van der Waals surface area (Å²) in [4.78, 5) is 18.9. The molecule has 2 aromatic carbocycles. The molecular weight excluding hydrogens is 440 g/mol. The van der Waals surface area contributed by atoms with Crippen LogP contribution in [0.5, 0.6) is 5.88 Å². The maximum Gasteiger partial charge on any atom is 0.247 e. The molecule has 28 heavy (non-hydrogen) atoms. The van der Waals surface area contributed by atoms with E-state index >= 15 is 0 Å².